The number of rotatable bonds is 6. The molecule has 0 atom stereocenters. The molecule has 0 bridgehead atoms. The number of hydrogen-bond acceptors (Lipinski definition) is 4. The van der Waals surface area contributed by atoms with Gasteiger partial charge in [-0.3, -0.25) is 0 Å². The first kappa shape index (κ1) is 18.0. The summed E-state index contributed by atoms with van der Waals surface area (Å²) in [6.07, 6.45) is 1.03. The summed E-state index contributed by atoms with van der Waals surface area (Å²) in [5.41, 5.74) is 5.73. The predicted molar refractivity (Wildman–Crippen MR) is 113 cm³/mol. The van der Waals surface area contributed by atoms with E-state index >= 15 is 0 Å². The molecule has 28 heavy (non-hydrogen) atoms. The monoisotopic (exact) mass is 368 g/mol. The number of hydrogen-bond donors (Lipinski definition) is 0. The number of benzene rings is 3. The van der Waals surface area contributed by atoms with E-state index in [2.05, 4.69) is 59.8 Å². The van der Waals surface area contributed by atoms with Crippen molar-refractivity contribution in [2.45, 2.75) is 12.9 Å². The summed E-state index contributed by atoms with van der Waals surface area (Å²) >= 11 is 0. The third kappa shape index (κ3) is 3.67. The highest BCUT2D eigenvalue weighted by Crippen LogP contribution is 2.31. The summed E-state index contributed by atoms with van der Waals surface area (Å²) in [6, 6.07) is 24.9. The van der Waals surface area contributed by atoms with Crippen LogP contribution in [-0.2, 0) is 12.9 Å². The Morgan fingerprint density at radius 1 is 0.857 bits per heavy atom. The first-order valence-corrected chi connectivity index (χ1v) is 9.36. The third-order valence-electron chi connectivity index (χ3n) is 4.86. The molecule has 0 aliphatic heterocycles. The van der Waals surface area contributed by atoms with Crippen LogP contribution in [-0.4, -0.2) is 35.2 Å². The van der Waals surface area contributed by atoms with Gasteiger partial charge in [0, 0.05) is 5.56 Å². The van der Waals surface area contributed by atoms with Crippen LogP contribution in [0.1, 0.15) is 11.1 Å². The lowest BCUT2D eigenvalue weighted by Crippen LogP contribution is -2.05. The molecule has 0 radical (unpaired) electrons. The Labute approximate surface area is 165 Å². The normalized spacial score (nSPS) is 10.8. The van der Waals surface area contributed by atoms with Crippen molar-refractivity contribution in [2.75, 3.05) is 7.11 Å². The van der Waals surface area contributed by atoms with E-state index < -0.39 is 0 Å². The van der Waals surface area contributed by atoms with Crippen molar-refractivity contribution in [3.8, 4) is 28.3 Å². The molecule has 0 saturated heterocycles. The Morgan fingerprint density at radius 2 is 1.54 bits per heavy atom. The molecule has 3 aromatic carbocycles. The maximum atomic E-state index is 5.23. The SMILES string of the molecule is BCc1ccc(-c2ccccc2-c2nnnn2Cc2ccc(OC)cc2)cc1. The van der Waals surface area contributed by atoms with Gasteiger partial charge in [-0.1, -0.05) is 72.5 Å². The summed E-state index contributed by atoms with van der Waals surface area (Å²) < 4.78 is 7.07. The van der Waals surface area contributed by atoms with E-state index in [0.29, 0.717) is 6.54 Å². The predicted octanol–water partition coefficient (Wildman–Crippen LogP) is 3.20. The minimum Gasteiger partial charge on any atom is -0.497 e. The molecule has 0 unspecified atom stereocenters. The van der Waals surface area contributed by atoms with Gasteiger partial charge in [0.2, 0.25) is 0 Å². The molecule has 1 aromatic heterocycles. The summed E-state index contributed by atoms with van der Waals surface area (Å²) in [5, 5.41) is 12.5. The lowest BCUT2D eigenvalue weighted by atomic mass is 9.93. The number of aromatic nitrogens is 4. The van der Waals surface area contributed by atoms with Crippen molar-refractivity contribution in [1.29, 1.82) is 0 Å². The van der Waals surface area contributed by atoms with E-state index in [1.54, 1.807) is 7.11 Å². The smallest absolute Gasteiger partial charge is 0.182 e. The van der Waals surface area contributed by atoms with Crippen LogP contribution in [0.15, 0.2) is 72.8 Å². The number of ether oxygens (including phenoxy) is 1. The maximum Gasteiger partial charge on any atom is 0.182 e. The quantitative estimate of drug-likeness (QED) is 0.491. The van der Waals surface area contributed by atoms with Gasteiger partial charge >= 0.3 is 0 Å². The zero-order valence-electron chi connectivity index (χ0n) is 16.0. The summed E-state index contributed by atoms with van der Waals surface area (Å²) in [4.78, 5) is 0. The second-order valence-corrected chi connectivity index (χ2v) is 6.60. The molecule has 4 aromatic rings. The van der Waals surface area contributed by atoms with Gasteiger partial charge in [-0.25, -0.2) is 4.68 Å². The average Bonchev–Trinajstić information content (AvgIpc) is 3.22. The van der Waals surface area contributed by atoms with E-state index in [4.69, 9.17) is 4.74 Å². The van der Waals surface area contributed by atoms with E-state index in [0.717, 1.165) is 40.1 Å². The largest absolute Gasteiger partial charge is 0.497 e. The van der Waals surface area contributed by atoms with Gasteiger partial charge in [0.05, 0.1) is 13.7 Å². The van der Waals surface area contributed by atoms with Crippen molar-refractivity contribution in [2.24, 2.45) is 0 Å². The standard InChI is InChI=1S/C22H21BN4O/c1-28-19-12-8-17(9-13-19)15-27-22(24-25-26-27)21-5-3-2-4-20(21)18-10-6-16(14-23)7-11-18/h2-13H,14-15,23H2,1H3. The Kier molecular flexibility index (Phi) is 5.19. The highest BCUT2D eigenvalue weighted by atomic mass is 16.5. The van der Waals surface area contributed by atoms with Crippen LogP contribution < -0.4 is 4.74 Å². The highest BCUT2D eigenvalue weighted by molar-refractivity contribution is 6.08. The lowest BCUT2D eigenvalue weighted by molar-refractivity contribution is 0.414. The highest BCUT2D eigenvalue weighted by Gasteiger charge is 2.14. The molecule has 0 saturated carbocycles. The third-order valence-corrected chi connectivity index (χ3v) is 4.86. The van der Waals surface area contributed by atoms with Crippen molar-refractivity contribution < 1.29 is 4.74 Å². The second kappa shape index (κ2) is 8.09. The van der Waals surface area contributed by atoms with Crippen LogP contribution in [0.2, 0.25) is 0 Å². The zero-order chi connectivity index (χ0) is 19.3. The van der Waals surface area contributed by atoms with Crippen LogP contribution in [0.3, 0.4) is 0 Å². The minimum atomic E-state index is 0.593. The number of nitrogens with zero attached hydrogens (tertiary/aromatic N) is 4. The zero-order valence-corrected chi connectivity index (χ0v) is 16.0. The van der Waals surface area contributed by atoms with Gasteiger partial charge in [-0.15, -0.1) is 5.10 Å². The molecule has 4 rings (SSSR count). The van der Waals surface area contributed by atoms with Gasteiger partial charge < -0.3 is 4.74 Å². The molecule has 0 fully saturated rings. The van der Waals surface area contributed by atoms with E-state index in [9.17, 15) is 0 Å². The lowest BCUT2D eigenvalue weighted by Gasteiger charge is -2.11. The van der Waals surface area contributed by atoms with Crippen LogP contribution in [0, 0.1) is 0 Å². The van der Waals surface area contributed by atoms with Crippen molar-refractivity contribution in [3.05, 3.63) is 83.9 Å². The summed E-state index contributed by atoms with van der Waals surface area (Å²) in [5.74, 6) is 1.59. The molecule has 0 aliphatic rings. The fraction of sp³-hybridized carbons (Fsp3) is 0.136. The molecular weight excluding hydrogens is 347 g/mol. The molecular formula is C22H21BN4O. The van der Waals surface area contributed by atoms with E-state index in [-0.39, 0.29) is 0 Å². The van der Waals surface area contributed by atoms with Crippen molar-refractivity contribution in [1.82, 2.24) is 20.2 Å². The van der Waals surface area contributed by atoms with Gasteiger partial charge in [0.1, 0.15) is 13.6 Å². The van der Waals surface area contributed by atoms with Gasteiger partial charge in [0.15, 0.2) is 5.82 Å². The summed E-state index contributed by atoms with van der Waals surface area (Å²) in [6.45, 7) is 0.593. The van der Waals surface area contributed by atoms with Crippen molar-refractivity contribution in [3.63, 3.8) is 0 Å². The van der Waals surface area contributed by atoms with Crippen LogP contribution in [0.5, 0.6) is 5.75 Å². The molecule has 5 nitrogen and oxygen atoms in total. The van der Waals surface area contributed by atoms with E-state index in [1.165, 1.54) is 5.56 Å². The average molecular weight is 368 g/mol. The Hall–Kier alpha value is -3.41. The van der Waals surface area contributed by atoms with Crippen molar-refractivity contribution >= 4 is 7.85 Å². The molecule has 0 aliphatic carbocycles. The van der Waals surface area contributed by atoms with Gasteiger partial charge in [-0.05, 0) is 39.2 Å². The number of methoxy groups -OCH3 is 1. The minimum absolute atomic E-state index is 0.593. The Morgan fingerprint density at radius 3 is 2.21 bits per heavy atom. The first-order valence-electron chi connectivity index (χ1n) is 9.36. The Bertz CT molecular complexity index is 1060. The van der Waals surface area contributed by atoms with Crippen LogP contribution in [0.4, 0.5) is 0 Å². The van der Waals surface area contributed by atoms with Gasteiger partial charge in [0.25, 0.3) is 0 Å². The molecule has 0 N–H and O–H groups in total. The Balaban J connectivity index is 1.69. The molecule has 6 heteroatoms. The fourth-order valence-corrected chi connectivity index (χ4v) is 3.26. The van der Waals surface area contributed by atoms with Gasteiger partial charge in [-0.2, -0.15) is 0 Å². The summed E-state index contributed by atoms with van der Waals surface area (Å²) in [7, 11) is 3.83. The van der Waals surface area contributed by atoms with Crippen LogP contribution >= 0.6 is 0 Å². The van der Waals surface area contributed by atoms with Crippen LogP contribution in [0.25, 0.3) is 22.5 Å². The molecule has 0 amide bonds. The topological polar surface area (TPSA) is 52.8 Å². The number of tetrazole rings is 1. The molecule has 138 valence electrons. The second-order valence-electron chi connectivity index (χ2n) is 6.60. The molecule has 1 heterocycles. The first-order chi connectivity index (χ1) is 13.8. The fourth-order valence-electron chi connectivity index (χ4n) is 3.26. The molecule has 0 spiro atoms. The maximum absolute atomic E-state index is 5.23. The van der Waals surface area contributed by atoms with E-state index in [1.807, 2.05) is 41.1 Å².